The molecular formula is C21H23ClN6. The van der Waals surface area contributed by atoms with Crippen LogP contribution in [-0.2, 0) is 0 Å². The van der Waals surface area contributed by atoms with Gasteiger partial charge < -0.3 is 9.80 Å². The molecule has 3 heterocycles. The summed E-state index contributed by atoms with van der Waals surface area (Å²) in [6, 6.07) is 7.92. The van der Waals surface area contributed by atoms with Crippen molar-refractivity contribution in [3.8, 4) is 0 Å². The van der Waals surface area contributed by atoms with E-state index in [0.717, 1.165) is 47.0 Å². The lowest BCUT2D eigenvalue weighted by molar-refractivity contribution is 0.923. The Labute approximate surface area is 169 Å². The maximum atomic E-state index is 6.24. The third kappa shape index (κ3) is 3.92. The molecule has 0 spiro atoms. The van der Waals surface area contributed by atoms with E-state index in [0.29, 0.717) is 11.0 Å². The zero-order chi connectivity index (χ0) is 19.7. The molecule has 2 aromatic heterocycles. The van der Waals surface area contributed by atoms with Crippen molar-refractivity contribution in [3.05, 3.63) is 46.5 Å². The summed E-state index contributed by atoms with van der Waals surface area (Å²) in [5.41, 5.74) is 3.67. The Balaban J connectivity index is 1.72. The third-order valence-electron chi connectivity index (χ3n) is 4.77. The average Bonchev–Trinajstić information content (AvgIpc) is 3.20. The van der Waals surface area contributed by atoms with Crippen LogP contribution in [0.5, 0.6) is 0 Å². The van der Waals surface area contributed by atoms with Crippen LogP contribution in [0.1, 0.15) is 29.9 Å². The molecule has 7 heteroatoms. The molecule has 0 unspecified atom stereocenters. The molecule has 6 nitrogen and oxygen atoms in total. The maximum absolute atomic E-state index is 6.24. The Morgan fingerprint density at radius 2 is 1.75 bits per heavy atom. The number of hydrogen-bond acceptors (Lipinski definition) is 6. The van der Waals surface area contributed by atoms with Gasteiger partial charge >= 0.3 is 0 Å². The number of rotatable bonds is 4. The second kappa shape index (κ2) is 7.72. The fourth-order valence-corrected chi connectivity index (χ4v) is 3.55. The van der Waals surface area contributed by atoms with E-state index in [9.17, 15) is 0 Å². The average molecular weight is 395 g/mol. The predicted octanol–water partition coefficient (Wildman–Crippen LogP) is 4.22. The Hall–Kier alpha value is -2.73. The van der Waals surface area contributed by atoms with E-state index in [1.165, 1.54) is 12.8 Å². The van der Waals surface area contributed by atoms with Crippen molar-refractivity contribution >= 4 is 46.4 Å². The minimum Gasteiger partial charge on any atom is -0.361 e. The van der Waals surface area contributed by atoms with Crippen LogP contribution in [0.2, 0.25) is 5.15 Å². The molecule has 3 aromatic rings. The highest BCUT2D eigenvalue weighted by atomic mass is 35.5. The van der Waals surface area contributed by atoms with Crippen molar-refractivity contribution in [1.82, 2.24) is 19.9 Å². The van der Waals surface area contributed by atoms with Crippen LogP contribution in [0.3, 0.4) is 0 Å². The summed E-state index contributed by atoms with van der Waals surface area (Å²) in [7, 11) is 3.92. The summed E-state index contributed by atoms with van der Waals surface area (Å²) < 4.78 is 0. The van der Waals surface area contributed by atoms with E-state index < -0.39 is 0 Å². The largest absolute Gasteiger partial charge is 0.361 e. The summed E-state index contributed by atoms with van der Waals surface area (Å²) in [4.78, 5) is 22.8. The van der Waals surface area contributed by atoms with Gasteiger partial charge in [0.15, 0.2) is 11.6 Å². The Bertz CT molecular complexity index is 1040. The van der Waals surface area contributed by atoms with Gasteiger partial charge in [-0.1, -0.05) is 17.7 Å². The molecule has 1 aromatic carbocycles. The number of aromatic nitrogens is 4. The quantitative estimate of drug-likeness (QED) is 0.617. The van der Waals surface area contributed by atoms with Gasteiger partial charge in [-0.15, -0.1) is 0 Å². The molecule has 1 saturated heterocycles. The van der Waals surface area contributed by atoms with Crippen molar-refractivity contribution in [2.75, 3.05) is 37.0 Å². The second-order valence-corrected chi connectivity index (χ2v) is 7.64. The van der Waals surface area contributed by atoms with Gasteiger partial charge in [-0.3, -0.25) is 0 Å². The maximum Gasteiger partial charge on any atom is 0.156 e. The summed E-state index contributed by atoms with van der Waals surface area (Å²) in [6.07, 6.45) is 6.13. The number of benzene rings is 1. The third-order valence-corrected chi connectivity index (χ3v) is 4.96. The minimum absolute atomic E-state index is 0.449. The normalized spacial score (nSPS) is 14.4. The second-order valence-electron chi connectivity index (χ2n) is 7.25. The standard InChI is InChI=1S/C21H23ClN6/c1-14-6-7-15-17(12-14)23-16(21(24-15)27(2)3)8-9-19-25-18(22)13-20(26-19)28-10-4-5-11-28/h6-9,12-13H,4-5,10-11H2,1-3H3/b9-8+. The first-order valence-corrected chi connectivity index (χ1v) is 9.81. The number of fused-ring (bicyclic) bond motifs is 1. The Morgan fingerprint density at radius 3 is 2.50 bits per heavy atom. The van der Waals surface area contributed by atoms with Crippen molar-refractivity contribution in [1.29, 1.82) is 0 Å². The monoisotopic (exact) mass is 394 g/mol. The smallest absolute Gasteiger partial charge is 0.156 e. The lowest BCUT2D eigenvalue weighted by Crippen LogP contribution is -2.19. The van der Waals surface area contributed by atoms with Crippen LogP contribution >= 0.6 is 11.6 Å². The molecule has 0 radical (unpaired) electrons. The number of nitrogens with zero attached hydrogens (tertiary/aromatic N) is 6. The highest BCUT2D eigenvalue weighted by Crippen LogP contribution is 2.24. The Kier molecular flexibility index (Phi) is 5.13. The van der Waals surface area contributed by atoms with E-state index in [4.69, 9.17) is 21.6 Å². The van der Waals surface area contributed by atoms with Crippen molar-refractivity contribution in [2.24, 2.45) is 0 Å². The summed E-state index contributed by atoms with van der Waals surface area (Å²) in [5.74, 6) is 2.25. The molecule has 1 aliphatic rings. The van der Waals surface area contributed by atoms with Crippen LogP contribution in [0, 0.1) is 6.92 Å². The van der Waals surface area contributed by atoms with Crippen LogP contribution < -0.4 is 9.80 Å². The highest BCUT2D eigenvalue weighted by molar-refractivity contribution is 6.29. The SMILES string of the molecule is Cc1ccc2nc(N(C)C)c(/C=C/c3nc(Cl)cc(N4CCCC4)n3)nc2c1. The van der Waals surface area contributed by atoms with Gasteiger partial charge in [0.05, 0.1) is 11.0 Å². The summed E-state index contributed by atoms with van der Waals surface area (Å²) in [5, 5.41) is 0.449. The molecule has 0 amide bonds. The zero-order valence-corrected chi connectivity index (χ0v) is 17.1. The number of hydrogen-bond donors (Lipinski definition) is 0. The first-order valence-electron chi connectivity index (χ1n) is 9.43. The summed E-state index contributed by atoms with van der Waals surface area (Å²) >= 11 is 6.24. The van der Waals surface area contributed by atoms with Crippen molar-refractivity contribution in [3.63, 3.8) is 0 Å². The van der Waals surface area contributed by atoms with Gasteiger partial charge in [0.1, 0.15) is 16.7 Å². The molecule has 1 fully saturated rings. The van der Waals surface area contributed by atoms with E-state index in [1.807, 2.05) is 55.4 Å². The van der Waals surface area contributed by atoms with E-state index in [1.54, 1.807) is 0 Å². The van der Waals surface area contributed by atoms with Crippen molar-refractivity contribution < 1.29 is 0 Å². The van der Waals surface area contributed by atoms with Gasteiger partial charge in [-0.25, -0.2) is 19.9 Å². The first kappa shape index (κ1) is 18.6. The number of anilines is 2. The lowest BCUT2D eigenvalue weighted by Gasteiger charge is -2.16. The van der Waals surface area contributed by atoms with Crippen LogP contribution in [0.15, 0.2) is 24.3 Å². The molecule has 4 rings (SSSR count). The fraction of sp³-hybridized carbons (Fsp3) is 0.333. The molecule has 0 aliphatic carbocycles. The molecule has 1 aliphatic heterocycles. The molecule has 0 N–H and O–H groups in total. The molecule has 0 atom stereocenters. The van der Waals surface area contributed by atoms with E-state index >= 15 is 0 Å². The summed E-state index contributed by atoms with van der Waals surface area (Å²) in [6.45, 7) is 4.07. The van der Waals surface area contributed by atoms with Gasteiger partial charge in [0.2, 0.25) is 0 Å². The van der Waals surface area contributed by atoms with Gasteiger partial charge in [0.25, 0.3) is 0 Å². The van der Waals surface area contributed by atoms with E-state index in [-0.39, 0.29) is 0 Å². The van der Waals surface area contributed by atoms with Crippen LogP contribution in [-0.4, -0.2) is 47.1 Å². The zero-order valence-electron chi connectivity index (χ0n) is 16.4. The predicted molar refractivity (Wildman–Crippen MR) is 116 cm³/mol. The minimum atomic E-state index is 0.449. The topological polar surface area (TPSA) is 58.0 Å². The van der Waals surface area contributed by atoms with E-state index in [2.05, 4.69) is 21.8 Å². The van der Waals surface area contributed by atoms with Gasteiger partial charge in [-0.2, -0.15) is 0 Å². The van der Waals surface area contributed by atoms with Crippen molar-refractivity contribution in [2.45, 2.75) is 19.8 Å². The fourth-order valence-electron chi connectivity index (χ4n) is 3.37. The molecule has 144 valence electrons. The number of halogens is 1. The molecular weight excluding hydrogens is 372 g/mol. The van der Waals surface area contributed by atoms with Gasteiger partial charge in [0, 0.05) is 33.3 Å². The van der Waals surface area contributed by atoms with Crippen LogP contribution in [0.25, 0.3) is 23.2 Å². The molecule has 0 saturated carbocycles. The van der Waals surface area contributed by atoms with Gasteiger partial charge in [-0.05, 0) is 49.6 Å². The highest BCUT2D eigenvalue weighted by Gasteiger charge is 2.15. The molecule has 28 heavy (non-hydrogen) atoms. The first-order chi connectivity index (χ1) is 13.5. The lowest BCUT2D eigenvalue weighted by atomic mass is 10.2. The molecule has 0 bridgehead atoms. The number of aryl methyl sites for hydroxylation is 1. The Morgan fingerprint density at radius 1 is 0.964 bits per heavy atom. The van der Waals surface area contributed by atoms with Crippen LogP contribution in [0.4, 0.5) is 11.6 Å².